The molecule has 1 aliphatic rings. The topological polar surface area (TPSA) is 87.5 Å². The maximum absolute atomic E-state index is 12.4. The first-order chi connectivity index (χ1) is 10.9. The Labute approximate surface area is 136 Å². The Hall–Kier alpha value is -2.05. The molecule has 2 rings (SSSR count). The van der Waals surface area contributed by atoms with Gasteiger partial charge in [-0.05, 0) is 18.8 Å². The molecular weight excluding hydrogens is 296 g/mol. The molecule has 0 aromatic carbocycles. The van der Waals surface area contributed by atoms with Crippen LogP contribution in [-0.2, 0) is 11.3 Å². The molecule has 0 bridgehead atoms. The number of anilines is 1. The zero-order valence-electron chi connectivity index (χ0n) is 14.1. The molecule has 128 valence electrons. The van der Waals surface area contributed by atoms with Gasteiger partial charge in [-0.15, -0.1) is 0 Å². The molecule has 2 heterocycles. The minimum atomic E-state index is -0.837. The molecular formula is C16H26N4O3. The van der Waals surface area contributed by atoms with E-state index >= 15 is 0 Å². The van der Waals surface area contributed by atoms with Crippen LogP contribution in [-0.4, -0.2) is 44.9 Å². The minimum Gasteiger partial charge on any atom is -0.481 e. The molecule has 1 aromatic rings. The second-order valence-corrected chi connectivity index (χ2v) is 6.37. The van der Waals surface area contributed by atoms with Crippen molar-refractivity contribution >= 4 is 17.7 Å². The first-order valence-corrected chi connectivity index (χ1v) is 8.28. The highest BCUT2D eigenvalue weighted by molar-refractivity contribution is 5.90. The van der Waals surface area contributed by atoms with Gasteiger partial charge in [0.1, 0.15) is 0 Å². The molecule has 23 heavy (non-hydrogen) atoms. The zero-order valence-corrected chi connectivity index (χ0v) is 14.1. The smallest absolute Gasteiger partial charge is 0.321 e. The number of carboxylic acids is 1. The van der Waals surface area contributed by atoms with Crippen molar-refractivity contribution in [3.8, 4) is 0 Å². The summed E-state index contributed by atoms with van der Waals surface area (Å²) in [6, 6.07) is -0.245. The van der Waals surface area contributed by atoms with E-state index in [-0.39, 0.29) is 18.5 Å². The van der Waals surface area contributed by atoms with E-state index in [1.54, 1.807) is 11.1 Å². The Morgan fingerprint density at radius 1 is 1.48 bits per heavy atom. The van der Waals surface area contributed by atoms with Gasteiger partial charge in [-0.25, -0.2) is 4.79 Å². The first kappa shape index (κ1) is 17.3. The Morgan fingerprint density at radius 2 is 2.22 bits per heavy atom. The predicted octanol–water partition coefficient (Wildman–Crippen LogP) is 2.75. The summed E-state index contributed by atoms with van der Waals surface area (Å²) in [6.45, 7) is 7.86. The van der Waals surface area contributed by atoms with Gasteiger partial charge in [0.15, 0.2) is 0 Å². The Balaban J connectivity index is 2.06. The molecule has 0 saturated carbocycles. The number of amides is 2. The SMILES string of the molecule is CCCCn1ncc(NC(=O)N2CCC(C(=O)O)C2)c1C(C)C. The van der Waals surface area contributed by atoms with Gasteiger partial charge in [-0.1, -0.05) is 27.2 Å². The van der Waals surface area contributed by atoms with Crippen molar-refractivity contribution in [2.45, 2.75) is 52.5 Å². The standard InChI is InChI=1S/C16H26N4O3/c1-4-5-7-20-14(11(2)3)13(9-17-20)18-16(23)19-8-6-12(10-19)15(21)22/h9,11-12H,4-8,10H2,1-3H3,(H,18,23)(H,21,22). The number of aromatic nitrogens is 2. The molecule has 2 amide bonds. The zero-order chi connectivity index (χ0) is 17.0. The van der Waals surface area contributed by atoms with E-state index in [2.05, 4.69) is 31.2 Å². The molecule has 7 nitrogen and oxygen atoms in total. The number of urea groups is 1. The monoisotopic (exact) mass is 322 g/mol. The molecule has 0 aliphatic carbocycles. The number of hydrogen-bond acceptors (Lipinski definition) is 3. The fraction of sp³-hybridized carbons (Fsp3) is 0.688. The van der Waals surface area contributed by atoms with E-state index in [9.17, 15) is 9.59 Å². The van der Waals surface area contributed by atoms with Gasteiger partial charge in [0.05, 0.1) is 23.5 Å². The number of carboxylic acid groups (broad SMARTS) is 1. The average molecular weight is 322 g/mol. The van der Waals surface area contributed by atoms with Gasteiger partial charge in [-0.3, -0.25) is 9.48 Å². The van der Waals surface area contributed by atoms with Crippen molar-refractivity contribution in [1.29, 1.82) is 0 Å². The second kappa shape index (κ2) is 7.48. The van der Waals surface area contributed by atoms with E-state index < -0.39 is 11.9 Å². The number of nitrogens with zero attached hydrogens (tertiary/aromatic N) is 3. The molecule has 1 unspecified atom stereocenters. The van der Waals surface area contributed by atoms with Gasteiger partial charge >= 0.3 is 12.0 Å². The molecule has 1 fully saturated rings. The fourth-order valence-electron chi connectivity index (χ4n) is 2.93. The number of nitrogens with one attached hydrogen (secondary N) is 1. The third-order valence-electron chi connectivity index (χ3n) is 4.22. The number of likely N-dealkylation sites (tertiary alicyclic amines) is 1. The normalized spacial score (nSPS) is 17.7. The number of hydrogen-bond donors (Lipinski definition) is 2. The van der Waals surface area contributed by atoms with E-state index in [1.807, 2.05) is 4.68 Å². The second-order valence-electron chi connectivity index (χ2n) is 6.37. The van der Waals surface area contributed by atoms with Crippen molar-refractivity contribution in [2.75, 3.05) is 18.4 Å². The quantitative estimate of drug-likeness (QED) is 0.843. The molecule has 7 heteroatoms. The van der Waals surface area contributed by atoms with Crippen LogP contribution in [0.25, 0.3) is 0 Å². The van der Waals surface area contributed by atoms with Crippen LogP contribution in [0.15, 0.2) is 6.20 Å². The molecule has 1 aliphatic heterocycles. The summed E-state index contributed by atoms with van der Waals surface area (Å²) in [6.07, 6.45) is 4.33. The summed E-state index contributed by atoms with van der Waals surface area (Å²) >= 11 is 0. The van der Waals surface area contributed by atoms with E-state index in [0.29, 0.717) is 13.0 Å². The van der Waals surface area contributed by atoms with Gasteiger partial charge in [-0.2, -0.15) is 5.10 Å². The lowest BCUT2D eigenvalue weighted by Crippen LogP contribution is -2.34. The predicted molar refractivity (Wildman–Crippen MR) is 87.6 cm³/mol. The maximum Gasteiger partial charge on any atom is 0.321 e. The van der Waals surface area contributed by atoms with E-state index in [0.717, 1.165) is 30.8 Å². The summed E-state index contributed by atoms with van der Waals surface area (Å²) in [4.78, 5) is 24.9. The van der Waals surface area contributed by atoms with Crippen LogP contribution >= 0.6 is 0 Å². The maximum atomic E-state index is 12.4. The van der Waals surface area contributed by atoms with Crippen LogP contribution in [0.3, 0.4) is 0 Å². The van der Waals surface area contributed by atoms with E-state index in [1.165, 1.54) is 0 Å². The fourth-order valence-corrected chi connectivity index (χ4v) is 2.93. The number of unbranched alkanes of at least 4 members (excludes halogenated alkanes) is 1. The summed E-state index contributed by atoms with van der Waals surface area (Å²) < 4.78 is 1.95. The van der Waals surface area contributed by atoms with Crippen LogP contribution in [0.5, 0.6) is 0 Å². The highest BCUT2D eigenvalue weighted by Crippen LogP contribution is 2.25. The highest BCUT2D eigenvalue weighted by Gasteiger charge is 2.31. The number of carbonyl (C=O) groups is 2. The molecule has 1 saturated heterocycles. The number of rotatable bonds is 6. The van der Waals surface area contributed by atoms with Crippen molar-refractivity contribution in [2.24, 2.45) is 5.92 Å². The number of aliphatic carboxylic acids is 1. The van der Waals surface area contributed by atoms with Crippen LogP contribution < -0.4 is 5.32 Å². The van der Waals surface area contributed by atoms with Crippen molar-refractivity contribution < 1.29 is 14.7 Å². The Morgan fingerprint density at radius 3 is 2.78 bits per heavy atom. The summed E-state index contributed by atoms with van der Waals surface area (Å²) in [5.41, 5.74) is 1.74. The van der Waals surface area contributed by atoms with Crippen LogP contribution in [0, 0.1) is 5.92 Å². The Kier molecular flexibility index (Phi) is 5.63. The lowest BCUT2D eigenvalue weighted by molar-refractivity contribution is -0.141. The lowest BCUT2D eigenvalue weighted by Gasteiger charge is -2.18. The minimum absolute atomic E-state index is 0.245. The lowest BCUT2D eigenvalue weighted by atomic mass is 10.1. The van der Waals surface area contributed by atoms with Crippen LogP contribution in [0.2, 0.25) is 0 Å². The molecule has 0 spiro atoms. The van der Waals surface area contributed by atoms with Gasteiger partial charge < -0.3 is 15.3 Å². The highest BCUT2D eigenvalue weighted by atomic mass is 16.4. The average Bonchev–Trinajstić information content (AvgIpc) is 3.11. The number of aryl methyl sites for hydroxylation is 1. The third kappa shape index (κ3) is 4.03. The number of carbonyl (C=O) groups excluding carboxylic acids is 1. The first-order valence-electron chi connectivity index (χ1n) is 8.28. The van der Waals surface area contributed by atoms with Crippen molar-refractivity contribution in [3.05, 3.63) is 11.9 Å². The summed E-state index contributed by atoms with van der Waals surface area (Å²) in [5.74, 6) is -1.05. The Bertz CT molecular complexity index is 568. The van der Waals surface area contributed by atoms with Crippen LogP contribution in [0.4, 0.5) is 10.5 Å². The van der Waals surface area contributed by atoms with Gasteiger partial charge in [0.25, 0.3) is 0 Å². The molecule has 2 N–H and O–H groups in total. The van der Waals surface area contributed by atoms with Crippen molar-refractivity contribution in [3.63, 3.8) is 0 Å². The molecule has 1 atom stereocenters. The van der Waals surface area contributed by atoms with Gasteiger partial charge in [0, 0.05) is 19.6 Å². The van der Waals surface area contributed by atoms with Crippen molar-refractivity contribution in [1.82, 2.24) is 14.7 Å². The third-order valence-corrected chi connectivity index (χ3v) is 4.22. The largest absolute Gasteiger partial charge is 0.481 e. The van der Waals surface area contributed by atoms with Gasteiger partial charge in [0.2, 0.25) is 0 Å². The molecule has 1 aromatic heterocycles. The summed E-state index contributed by atoms with van der Waals surface area (Å²) in [5, 5.41) is 16.3. The summed E-state index contributed by atoms with van der Waals surface area (Å²) in [7, 11) is 0. The van der Waals surface area contributed by atoms with E-state index in [4.69, 9.17) is 5.11 Å². The van der Waals surface area contributed by atoms with Crippen LogP contribution in [0.1, 0.15) is 51.6 Å². The molecule has 0 radical (unpaired) electrons.